The van der Waals surface area contributed by atoms with E-state index in [2.05, 4.69) is 55.2 Å². The molecule has 0 heterocycles. The fourth-order valence-electron chi connectivity index (χ4n) is 3.13. The molecule has 1 fully saturated rings. The van der Waals surface area contributed by atoms with Gasteiger partial charge >= 0.3 is 0 Å². The first-order valence-electron chi connectivity index (χ1n) is 8.69. The van der Waals surface area contributed by atoms with Crippen molar-refractivity contribution in [2.75, 3.05) is 12.3 Å². The van der Waals surface area contributed by atoms with Crippen LogP contribution in [0.25, 0.3) is 0 Å². The Balaban J connectivity index is 1.86. The summed E-state index contributed by atoms with van der Waals surface area (Å²) in [4.78, 5) is 0. The average molecular weight is 306 g/mol. The third-order valence-electron chi connectivity index (χ3n) is 4.50. The van der Waals surface area contributed by atoms with Crippen LogP contribution < -0.4 is 5.32 Å². The molecule has 0 aliphatic heterocycles. The van der Waals surface area contributed by atoms with Crippen LogP contribution in [0, 0.1) is 6.92 Å². The molecule has 1 N–H and O–H groups in total. The highest BCUT2D eigenvalue weighted by Gasteiger charge is 2.17. The van der Waals surface area contributed by atoms with E-state index in [1.165, 1.54) is 61.8 Å². The van der Waals surface area contributed by atoms with E-state index in [4.69, 9.17) is 0 Å². The molecule has 0 saturated heterocycles. The van der Waals surface area contributed by atoms with Crippen LogP contribution >= 0.6 is 11.8 Å². The number of hydrogen-bond donors (Lipinski definition) is 1. The first-order chi connectivity index (χ1) is 10.3. The van der Waals surface area contributed by atoms with Crippen molar-refractivity contribution >= 4 is 11.8 Å². The van der Waals surface area contributed by atoms with Crippen molar-refractivity contribution in [1.82, 2.24) is 5.32 Å². The summed E-state index contributed by atoms with van der Waals surface area (Å²) in [5.74, 6) is 1.26. The molecule has 1 saturated carbocycles. The average Bonchev–Trinajstić information content (AvgIpc) is 2.53. The van der Waals surface area contributed by atoms with Crippen molar-refractivity contribution < 1.29 is 0 Å². The predicted molar refractivity (Wildman–Crippen MR) is 96.3 cm³/mol. The fourth-order valence-corrected chi connectivity index (χ4v) is 4.53. The molecule has 118 valence electrons. The van der Waals surface area contributed by atoms with Crippen molar-refractivity contribution in [3.63, 3.8) is 0 Å². The summed E-state index contributed by atoms with van der Waals surface area (Å²) in [5.41, 5.74) is 2.94. The smallest absolute Gasteiger partial charge is 0.0198 e. The van der Waals surface area contributed by atoms with Gasteiger partial charge < -0.3 is 5.32 Å². The van der Waals surface area contributed by atoms with Crippen LogP contribution in [0.3, 0.4) is 0 Å². The van der Waals surface area contributed by atoms with Crippen molar-refractivity contribution in [3.05, 3.63) is 35.4 Å². The maximum atomic E-state index is 3.76. The molecule has 0 radical (unpaired) electrons. The van der Waals surface area contributed by atoms with Crippen LogP contribution in [-0.2, 0) is 6.42 Å². The van der Waals surface area contributed by atoms with E-state index in [0.717, 1.165) is 11.8 Å². The fraction of sp³-hybridized carbons (Fsp3) is 0.684. The quantitative estimate of drug-likeness (QED) is 0.727. The van der Waals surface area contributed by atoms with Gasteiger partial charge in [0.05, 0.1) is 0 Å². The number of hydrogen-bond acceptors (Lipinski definition) is 2. The van der Waals surface area contributed by atoms with E-state index in [-0.39, 0.29) is 0 Å². The Morgan fingerprint density at radius 1 is 1.19 bits per heavy atom. The summed E-state index contributed by atoms with van der Waals surface area (Å²) < 4.78 is 0. The third-order valence-corrected chi connectivity index (χ3v) is 6.03. The van der Waals surface area contributed by atoms with Crippen molar-refractivity contribution in [3.8, 4) is 0 Å². The van der Waals surface area contributed by atoms with E-state index < -0.39 is 0 Å². The molecule has 21 heavy (non-hydrogen) atoms. The third kappa shape index (κ3) is 6.04. The lowest BCUT2D eigenvalue weighted by Crippen LogP contribution is -2.35. The van der Waals surface area contributed by atoms with Gasteiger partial charge in [0.15, 0.2) is 0 Å². The van der Waals surface area contributed by atoms with E-state index in [1.807, 2.05) is 0 Å². The lowest BCUT2D eigenvalue weighted by Gasteiger charge is -2.25. The summed E-state index contributed by atoms with van der Waals surface area (Å²) >= 11 is 2.22. The van der Waals surface area contributed by atoms with Crippen LogP contribution in [0.5, 0.6) is 0 Å². The Morgan fingerprint density at radius 2 is 1.95 bits per heavy atom. The zero-order valence-electron chi connectivity index (χ0n) is 13.7. The second kappa shape index (κ2) is 9.53. The number of benzene rings is 1. The van der Waals surface area contributed by atoms with Gasteiger partial charge in [-0.1, -0.05) is 50.5 Å². The monoisotopic (exact) mass is 305 g/mol. The van der Waals surface area contributed by atoms with Crippen LogP contribution in [0.4, 0.5) is 0 Å². The van der Waals surface area contributed by atoms with E-state index >= 15 is 0 Å². The summed E-state index contributed by atoms with van der Waals surface area (Å²) in [7, 11) is 0. The zero-order chi connectivity index (χ0) is 14.9. The minimum atomic E-state index is 0.623. The second-order valence-electron chi connectivity index (χ2n) is 6.38. The summed E-state index contributed by atoms with van der Waals surface area (Å²) in [6.07, 6.45) is 9.62. The summed E-state index contributed by atoms with van der Waals surface area (Å²) in [6.45, 7) is 5.63. The first-order valence-corrected chi connectivity index (χ1v) is 9.74. The molecule has 0 bridgehead atoms. The van der Waals surface area contributed by atoms with Gasteiger partial charge in [-0.05, 0) is 50.3 Å². The van der Waals surface area contributed by atoms with Gasteiger partial charge in [-0.15, -0.1) is 0 Å². The molecule has 1 atom stereocenters. The number of thioether (sulfide) groups is 1. The molecular formula is C19H31NS. The molecule has 2 heteroatoms. The van der Waals surface area contributed by atoms with Crippen LogP contribution in [0.1, 0.15) is 56.6 Å². The number of aryl methyl sites for hydroxylation is 1. The minimum Gasteiger partial charge on any atom is -0.313 e. The zero-order valence-corrected chi connectivity index (χ0v) is 14.6. The molecule has 1 aromatic rings. The normalized spacial score (nSPS) is 17.8. The van der Waals surface area contributed by atoms with E-state index in [9.17, 15) is 0 Å². The Labute approximate surface area is 135 Å². The molecule has 1 aliphatic rings. The lowest BCUT2D eigenvalue weighted by molar-refractivity contribution is 0.511. The Hall–Kier alpha value is -0.470. The minimum absolute atomic E-state index is 0.623. The SMILES string of the molecule is CCCNC(CSC1CCCCC1)Cc1ccccc1C. The summed E-state index contributed by atoms with van der Waals surface area (Å²) in [5, 5.41) is 4.68. The maximum absolute atomic E-state index is 3.76. The predicted octanol–water partition coefficient (Wildman–Crippen LogP) is 4.97. The molecule has 0 spiro atoms. The van der Waals surface area contributed by atoms with Gasteiger partial charge in [0.1, 0.15) is 0 Å². The molecule has 0 aromatic heterocycles. The van der Waals surface area contributed by atoms with Crippen LogP contribution in [0.2, 0.25) is 0 Å². The summed E-state index contributed by atoms with van der Waals surface area (Å²) in [6, 6.07) is 9.47. The van der Waals surface area contributed by atoms with Gasteiger partial charge in [0.25, 0.3) is 0 Å². The first kappa shape index (κ1) is 16.9. The topological polar surface area (TPSA) is 12.0 Å². The number of rotatable bonds is 8. The molecular weight excluding hydrogens is 274 g/mol. The van der Waals surface area contributed by atoms with Crippen LogP contribution in [0.15, 0.2) is 24.3 Å². The standard InChI is InChI=1S/C19H31NS/c1-3-13-20-18(14-17-10-8-7-9-16(17)2)15-21-19-11-5-4-6-12-19/h7-10,18-20H,3-6,11-15H2,1-2H3. The largest absolute Gasteiger partial charge is 0.313 e. The van der Waals surface area contributed by atoms with E-state index in [1.54, 1.807) is 0 Å². The highest BCUT2D eigenvalue weighted by atomic mass is 32.2. The molecule has 1 aliphatic carbocycles. The van der Waals surface area contributed by atoms with Crippen molar-refractivity contribution in [2.45, 2.75) is 70.1 Å². The van der Waals surface area contributed by atoms with Gasteiger partial charge in [0.2, 0.25) is 0 Å². The van der Waals surface area contributed by atoms with Gasteiger partial charge in [-0.3, -0.25) is 0 Å². The Kier molecular flexibility index (Phi) is 7.66. The highest BCUT2D eigenvalue weighted by Crippen LogP contribution is 2.29. The molecule has 1 nitrogen and oxygen atoms in total. The molecule has 1 aromatic carbocycles. The Bertz CT molecular complexity index is 398. The van der Waals surface area contributed by atoms with Crippen molar-refractivity contribution in [2.24, 2.45) is 0 Å². The second-order valence-corrected chi connectivity index (χ2v) is 7.71. The maximum Gasteiger partial charge on any atom is 0.0198 e. The molecule has 1 unspecified atom stereocenters. The van der Waals surface area contributed by atoms with Gasteiger partial charge in [0, 0.05) is 17.0 Å². The van der Waals surface area contributed by atoms with E-state index in [0.29, 0.717) is 6.04 Å². The molecule has 2 rings (SSSR count). The number of nitrogens with one attached hydrogen (secondary N) is 1. The molecule has 0 amide bonds. The van der Waals surface area contributed by atoms with Gasteiger partial charge in [-0.25, -0.2) is 0 Å². The van der Waals surface area contributed by atoms with Crippen LogP contribution in [-0.4, -0.2) is 23.6 Å². The lowest BCUT2D eigenvalue weighted by atomic mass is 10.0. The van der Waals surface area contributed by atoms with Crippen molar-refractivity contribution in [1.29, 1.82) is 0 Å². The van der Waals surface area contributed by atoms with Gasteiger partial charge in [-0.2, -0.15) is 11.8 Å². The Morgan fingerprint density at radius 3 is 2.67 bits per heavy atom. The highest BCUT2D eigenvalue weighted by molar-refractivity contribution is 7.99.